The van der Waals surface area contributed by atoms with Gasteiger partial charge in [0.2, 0.25) is 0 Å². The van der Waals surface area contributed by atoms with Crippen LogP contribution in [0.25, 0.3) is 5.53 Å². The number of carbonyl (C=O) groups excluding carboxylic acids is 2. The van der Waals surface area contributed by atoms with E-state index >= 15 is 0 Å². The fraction of sp³-hybridized carbons (Fsp3) is 0.250. The fourth-order valence-electron chi connectivity index (χ4n) is 1.52. The van der Waals surface area contributed by atoms with Crippen molar-refractivity contribution in [2.24, 2.45) is 0 Å². The highest BCUT2D eigenvalue weighted by Crippen LogP contribution is 2.20. The molecule has 0 aliphatic carbocycles. The zero-order valence-electron chi connectivity index (χ0n) is 10.9. The van der Waals surface area contributed by atoms with Gasteiger partial charge in [-0.2, -0.15) is 4.79 Å². The Morgan fingerprint density at radius 1 is 1.43 bits per heavy atom. The van der Waals surface area contributed by atoms with E-state index in [1.165, 1.54) is 24.3 Å². The molecule has 1 aromatic rings. The summed E-state index contributed by atoms with van der Waals surface area (Å²) in [5.41, 5.74) is 7.84. The zero-order valence-corrected chi connectivity index (χ0v) is 10.9. The Hall–Kier alpha value is -2.90. The van der Waals surface area contributed by atoms with Gasteiger partial charge in [0.25, 0.3) is 11.5 Å². The van der Waals surface area contributed by atoms with E-state index in [1.807, 2.05) is 0 Å². The molecule has 1 unspecified atom stereocenters. The number of ether oxygens (including phenoxy) is 1. The summed E-state index contributed by atoms with van der Waals surface area (Å²) in [6.45, 7) is 0. The van der Waals surface area contributed by atoms with E-state index in [-0.39, 0.29) is 11.3 Å². The molecule has 0 aliphatic rings. The monoisotopic (exact) mass is 293 g/mol. The fourth-order valence-corrected chi connectivity index (χ4v) is 1.52. The Morgan fingerprint density at radius 2 is 2.00 bits per heavy atom. The minimum absolute atomic E-state index is 0.163. The lowest BCUT2D eigenvalue weighted by Gasteiger charge is -2.08. The van der Waals surface area contributed by atoms with Gasteiger partial charge in [-0.05, 0) is 17.7 Å². The lowest BCUT2D eigenvalue weighted by atomic mass is 10.0. The number of ketones is 1. The van der Waals surface area contributed by atoms with Gasteiger partial charge in [0, 0.05) is 18.6 Å². The minimum atomic E-state index is -1.31. The molecular formula is C12H11N3O6. The predicted molar refractivity (Wildman–Crippen MR) is 68.3 cm³/mol. The molecule has 0 amide bonds. The number of aliphatic hydroxyl groups excluding tert-OH is 1. The lowest BCUT2D eigenvalue weighted by molar-refractivity contribution is -0.384. The van der Waals surface area contributed by atoms with E-state index in [2.05, 4.69) is 9.53 Å². The van der Waals surface area contributed by atoms with Gasteiger partial charge in [0.1, 0.15) is 0 Å². The quantitative estimate of drug-likeness (QED) is 0.153. The number of nitro groups is 1. The normalized spacial score (nSPS) is 11.1. The van der Waals surface area contributed by atoms with Crippen molar-refractivity contribution < 1.29 is 29.1 Å². The number of benzene rings is 1. The highest BCUT2D eigenvalue weighted by atomic mass is 16.6. The molecule has 0 heterocycles. The Bertz CT molecular complexity index is 618. The number of nitrogens with zero attached hydrogens (tertiary/aromatic N) is 3. The van der Waals surface area contributed by atoms with Crippen LogP contribution in [0.15, 0.2) is 24.3 Å². The van der Waals surface area contributed by atoms with E-state index in [0.29, 0.717) is 0 Å². The number of aliphatic hydroxyl groups is 1. The van der Waals surface area contributed by atoms with Crippen LogP contribution in [0.5, 0.6) is 0 Å². The summed E-state index contributed by atoms with van der Waals surface area (Å²) in [5, 5.41) is 20.3. The van der Waals surface area contributed by atoms with Crippen molar-refractivity contribution in [2.45, 2.75) is 12.5 Å². The topological polar surface area (TPSA) is 143 Å². The first kappa shape index (κ1) is 16.2. The largest absolute Gasteiger partial charge is 0.460 e. The average Bonchev–Trinajstić information content (AvgIpc) is 2.47. The molecule has 110 valence electrons. The maximum absolute atomic E-state index is 11.7. The summed E-state index contributed by atoms with van der Waals surface area (Å²) < 4.78 is 4.25. The second-order valence-electron chi connectivity index (χ2n) is 3.93. The number of hydrogen-bond donors (Lipinski definition) is 1. The molecule has 9 heteroatoms. The number of carbonyl (C=O) groups is 2. The first-order chi connectivity index (χ1) is 9.90. The number of methoxy groups -OCH3 is 1. The maximum atomic E-state index is 11.7. The van der Waals surface area contributed by atoms with Crippen LogP contribution in [0.3, 0.4) is 0 Å². The Morgan fingerprint density at radius 3 is 2.43 bits per heavy atom. The first-order valence-corrected chi connectivity index (χ1v) is 5.66. The van der Waals surface area contributed by atoms with Crippen LogP contribution in [-0.4, -0.2) is 39.4 Å². The number of non-ortho nitro benzene ring substituents is 1. The molecule has 0 aliphatic heterocycles. The zero-order chi connectivity index (χ0) is 16.0. The van der Waals surface area contributed by atoms with E-state index in [4.69, 9.17) is 5.53 Å². The Labute approximate surface area is 118 Å². The molecule has 0 spiro atoms. The van der Waals surface area contributed by atoms with Crippen LogP contribution >= 0.6 is 0 Å². The number of rotatable bonds is 6. The van der Waals surface area contributed by atoms with Crippen molar-refractivity contribution in [3.05, 3.63) is 45.5 Å². The average molecular weight is 293 g/mol. The third kappa shape index (κ3) is 4.03. The SMILES string of the molecule is COC(=O)C(=[N+]=[N-])C(=O)CC(O)c1ccc([N+](=O)[O-])cc1. The molecule has 0 saturated carbocycles. The van der Waals surface area contributed by atoms with Crippen LogP contribution in [-0.2, 0) is 14.3 Å². The molecule has 1 N–H and O–H groups in total. The Balaban J connectivity index is 2.83. The number of Topliss-reactive ketones (excluding diaryl/α,β-unsaturated/α-hetero) is 1. The van der Waals surface area contributed by atoms with E-state index in [0.717, 1.165) is 7.11 Å². The molecular weight excluding hydrogens is 282 g/mol. The van der Waals surface area contributed by atoms with Gasteiger partial charge < -0.3 is 15.4 Å². The van der Waals surface area contributed by atoms with Crippen molar-refractivity contribution >= 4 is 23.2 Å². The number of esters is 1. The highest BCUT2D eigenvalue weighted by molar-refractivity contribution is 6.62. The summed E-state index contributed by atoms with van der Waals surface area (Å²) in [6, 6.07) is 4.91. The molecule has 0 radical (unpaired) electrons. The van der Waals surface area contributed by atoms with Crippen LogP contribution < -0.4 is 0 Å². The van der Waals surface area contributed by atoms with Crippen LogP contribution in [0.2, 0.25) is 0 Å². The van der Waals surface area contributed by atoms with Gasteiger partial charge in [-0.25, -0.2) is 4.79 Å². The molecule has 9 nitrogen and oxygen atoms in total. The Kier molecular flexibility index (Phi) is 5.41. The summed E-state index contributed by atoms with van der Waals surface area (Å²) in [4.78, 5) is 35.2. The predicted octanol–water partition coefficient (Wildman–Crippen LogP) is 0.431. The van der Waals surface area contributed by atoms with Gasteiger partial charge in [-0.15, -0.1) is 0 Å². The summed E-state index contributed by atoms with van der Waals surface area (Å²) in [6.07, 6.45) is -1.84. The summed E-state index contributed by atoms with van der Waals surface area (Å²) in [7, 11) is 1.01. The molecule has 1 rings (SSSR count). The third-order valence-electron chi connectivity index (χ3n) is 2.61. The van der Waals surface area contributed by atoms with E-state index in [9.17, 15) is 24.8 Å². The van der Waals surface area contributed by atoms with E-state index in [1.54, 1.807) is 0 Å². The van der Waals surface area contributed by atoms with Crippen molar-refractivity contribution in [1.82, 2.24) is 0 Å². The van der Waals surface area contributed by atoms with Gasteiger partial charge in [-0.1, -0.05) is 0 Å². The lowest BCUT2D eigenvalue weighted by Crippen LogP contribution is -2.27. The smallest absolute Gasteiger partial charge is 0.441 e. The van der Waals surface area contributed by atoms with Crippen LogP contribution in [0.1, 0.15) is 18.1 Å². The van der Waals surface area contributed by atoms with Crippen molar-refractivity contribution in [2.75, 3.05) is 7.11 Å². The molecule has 1 atom stereocenters. The number of nitro benzene ring substituents is 1. The van der Waals surface area contributed by atoms with E-state index < -0.39 is 34.9 Å². The second-order valence-corrected chi connectivity index (χ2v) is 3.93. The molecule has 1 aromatic carbocycles. The second kappa shape index (κ2) is 7.04. The maximum Gasteiger partial charge on any atom is 0.441 e. The summed E-state index contributed by atoms with van der Waals surface area (Å²) in [5.74, 6) is -2.05. The third-order valence-corrected chi connectivity index (χ3v) is 2.61. The van der Waals surface area contributed by atoms with Gasteiger partial charge in [0.15, 0.2) is 0 Å². The standard InChI is InChI=1S/C12H11N3O6/c1-21-12(18)11(14-13)10(17)6-9(16)7-2-4-8(5-3-7)15(19)20/h2-5,9,16H,6H2,1H3. The summed E-state index contributed by atoms with van der Waals surface area (Å²) >= 11 is 0. The number of hydrogen-bond acceptors (Lipinski definition) is 6. The van der Waals surface area contributed by atoms with Gasteiger partial charge in [0.05, 0.1) is 18.1 Å². The van der Waals surface area contributed by atoms with Crippen molar-refractivity contribution in [3.8, 4) is 0 Å². The van der Waals surface area contributed by atoms with Crippen molar-refractivity contribution in [1.29, 1.82) is 0 Å². The molecule has 0 saturated heterocycles. The van der Waals surface area contributed by atoms with Crippen LogP contribution in [0, 0.1) is 10.1 Å². The van der Waals surface area contributed by atoms with Gasteiger partial charge in [-0.3, -0.25) is 14.9 Å². The van der Waals surface area contributed by atoms with Crippen molar-refractivity contribution in [3.63, 3.8) is 0 Å². The molecule has 21 heavy (non-hydrogen) atoms. The minimum Gasteiger partial charge on any atom is -0.460 e. The molecule has 0 bridgehead atoms. The van der Waals surface area contributed by atoms with Crippen LogP contribution in [0.4, 0.5) is 5.69 Å². The molecule has 0 fully saturated rings. The highest BCUT2D eigenvalue weighted by Gasteiger charge is 2.32. The molecule has 0 aromatic heterocycles. The first-order valence-electron chi connectivity index (χ1n) is 5.66. The van der Waals surface area contributed by atoms with Gasteiger partial charge >= 0.3 is 11.7 Å².